The standard InChI is InChI=1S/C12H17N/c1-8-5-4-6-9(11(8)13)10-7-12(10,2)3/h4-6,10H,7,13H2,1-3H3. The predicted molar refractivity (Wildman–Crippen MR) is 56.7 cm³/mol. The summed E-state index contributed by atoms with van der Waals surface area (Å²) in [5, 5.41) is 0. The van der Waals surface area contributed by atoms with E-state index in [0.29, 0.717) is 11.3 Å². The van der Waals surface area contributed by atoms with Gasteiger partial charge in [0.2, 0.25) is 0 Å². The number of para-hydroxylation sites is 1. The highest BCUT2D eigenvalue weighted by molar-refractivity contribution is 5.56. The molecule has 0 bridgehead atoms. The maximum absolute atomic E-state index is 6.04. The van der Waals surface area contributed by atoms with E-state index in [1.54, 1.807) is 0 Å². The summed E-state index contributed by atoms with van der Waals surface area (Å²) in [6, 6.07) is 6.35. The minimum atomic E-state index is 0.474. The van der Waals surface area contributed by atoms with E-state index in [9.17, 15) is 0 Å². The quantitative estimate of drug-likeness (QED) is 0.652. The predicted octanol–water partition coefficient (Wildman–Crippen LogP) is 3.09. The number of benzene rings is 1. The third-order valence-electron chi connectivity index (χ3n) is 3.25. The number of aryl methyl sites for hydroxylation is 1. The lowest BCUT2D eigenvalue weighted by atomic mass is 9.99. The van der Waals surface area contributed by atoms with Gasteiger partial charge in [0, 0.05) is 5.69 Å². The van der Waals surface area contributed by atoms with Crippen molar-refractivity contribution in [1.29, 1.82) is 0 Å². The van der Waals surface area contributed by atoms with Crippen molar-refractivity contribution in [2.45, 2.75) is 33.1 Å². The second-order valence-corrected chi connectivity index (χ2v) is 4.82. The third kappa shape index (κ3) is 1.32. The maximum Gasteiger partial charge on any atom is 0.0379 e. The lowest BCUT2D eigenvalue weighted by Gasteiger charge is -2.09. The molecule has 1 fully saturated rings. The molecule has 0 heterocycles. The molecular weight excluding hydrogens is 158 g/mol. The Morgan fingerprint density at radius 2 is 2.00 bits per heavy atom. The van der Waals surface area contributed by atoms with Gasteiger partial charge in [0.15, 0.2) is 0 Å². The smallest absolute Gasteiger partial charge is 0.0379 e. The molecular formula is C12H17N. The van der Waals surface area contributed by atoms with Gasteiger partial charge in [-0.1, -0.05) is 32.0 Å². The molecule has 1 aliphatic rings. The highest BCUT2D eigenvalue weighted by Gasteiger charge is 2.47. The van der Waals surface area contributed by atoms with E-state index in [1.165, 1.54) is 17.5 Å². The van der Waals surface area contributed by atoms with Crippen LogP contribution in [0, 0.1) is 12.3 Å². The topological polar surface area (TPSA) is 26.0 Å². The average Bonchev–Trinajstić information content (AvgIpc) is 2.66. The Bertz CT molecular complexity index is 339. The monoisotopic (exact) mass is 175 g/mol. The van der Waals surface area contributed by atoms with Crippen LogP contribution in [0.2, 0.25) is 0 Å². The first-order valence-electron chi connectivity index (χ1n) is 4.87. The SMILES string of the molecule is Cc1cccc(C2CC2(C)C)c1N. The molecule has 1 unspecified atom stereocenters. The van der Waals surface area contributed by atoms with Gasteiger partial charge < -0.3 is 5.73 Å². The zero-order valence-corrected chi connectivity index (χ0v) is 8.59. The summed E-state index contributed by atoms with van der Waals surface area (Å²) in [7, 11) is 0. The molecule has 0 spiro atoms. The summed E-state index contributed by atoms with van der Waals surface area (Å²) in [5.74, 6) is 0.687. The van der Waals surface area contributed by atoms with Gasteiger partial charge in [0.25, 0.3) is 0 Å². The molecule has 13 heavy (non-hydrogen) atoms. The number of nitrogen functional groups attached to an aromatic ring is 1. The molecule has 2 N–H and O–H groups in total. The van der Waals surface area contributed by atoms with Crippen molar-refractivity contribution < 1.29 is 0 Å². The molecule has 1 aromatic carbocycles. The van der Waals surface area contributed by atoms with Gasteiger partial charge in [0.05, 0.1) is 0 Å². The number of hydrogen-bond donors (Lipinski definition) is 1. The summed E-state index contributed by atoms with van der Waals surface area (Å²) >= 11 is 0. The van der Waals surface area contributed by atoms with Gasteiger partial charge in [-0.05, 0) is 35.8 Å². The Labute approximate surface area is 80.0 Å². The van der Waals surface area contributed by atoms with Crippen LogP contribution < -0.4 is 5.73 Å². The first-order valence-corrected chi connectivity index (χ1v) is 4.87. The van der Waals surface area contributed by atoms with E-state index in [-0.39, 0.29) is 0 Å². The van der Waals surface area contributed by atoms with Crippen molar-refractivity contribution in [3.8, 4) is 0 Å². The number of nitrogens with two attached hydrogens (primary N) is 1. The molecule has 1 heteroatoms. The Morgan fingerprint density at radius 3 is 2.54 bits per heavy atom. The van der Waals surface area contributed by atoms with Crippen LogP contribution in [-0.2, 0) is 0 Å². The average molecular weight is 175 g/mol. The minimum Gasteiger partial charge on any atom is -0.398 e. The van der Waals surface area contributed by atoms with Crippen LogP contribution in [0.1, 0.15) is 37.3 Å². The molecule has 0 aliphatic heterocycles. The minimum absolute atomic E-state index is 0.474. The largest absolute Gasteiger partial charge is 0.398 e. The summed E-state index contributed by atoms with van der Waals surface area (Å²) < 4.78 is 0. The van der Waals surface area contributed by atoms with Crippen LogP contribution in [0.3, 0.4) is 0 Å². The van der Waals surface area contributed by atoms with Crippen molar-refractivity contribution in [3.63, 3.8) is 0 Å². The molecule has 1 aromatic rings. The van der Waals surface area contributed by atoms with E-state index in [1.807, 2.05) is 0 Å². The number of rotatable bonds is 1. The van der Waals surface area contributed by atoms with Crippen molar-refractivity contribution in [2.24, 2.45) is 5.41 Å². The van der Waals surface area contributed by atoms with Crippen molar-refractivity contribution in [3.05, 3.63) is 29.3 Å². The Morgan fingerprint density at radius 1 is 1.38 bits per heavy atom. The summed E-state index contributed by atoms with van der Waals surface area (Å²) in [4.78, 5) is 0. The zero-order chi connectivity index (χ0) is 9.64. The van der Waals surface area contributed by atoms with Crippen LogP contribution in [0.25, 0.3) is 0 Å². The summed E-state index contributed by atoms with van der Waals surface area (Å²) in [6.07, 6.45) is 1.28. The van der Waals surface area contributed by atoms with Crippen LogP contribution in [-0.4, -0.2) is 0 Å². The van der Waals surface area contributed by atoms with E-state index in [4.69, 9.17) is 5.73 Å². The molecule has 1 nitrogen and oxygen atoms in total. The Balaban J connectivity index is 2.38. The van der Waals surface area contributed by atoms with E-state index < -0.39 is 0 Å². The molecule has 0 amide bonds. The Kier molecular flexibility index (Phi) is 1.66. The van der Waals surface area contributed by atoms with Crippen LogP contribution in [0.5, 0.6) is 0 Å². The summed E-state index contributed by atoms with van der Waals surface area (Å²) in [5.41, 5.74) is 10.1. The number of anilines is 1. The first-order chi connectivity index (χ1) is 6.02. The van der Waals surface area contributed by atoms with E-state index in [2.05, 4.69) is 39.0 Å². The highest BCUT2D eigenvalue weighted by atomic mass is 14.6. The lowest BCUT2D eigenvalue weighted by molar-refractivity contribution is 0.622. The fourth-order valence-electron chi connectivity index (χ4n) is 2.01. The van der Waals surface area contributed by atoms with Gasteiger partial charge in [-0.2, -0.15) is 0 Å². The molecule has 0 aromatic heterocycles. The van der Waals surface area contributed by atoms with Crippen LogP contribution in [0.4, 0.5) is 5.69 Å². The third-order valence-corrected chi connectivity index (χ3v) is 3.25. The number of hydrogen-bond acceptors (Lipinski definition) is 1. The molecule has 1 aliphatic carbocycles. The molecule has 1 saturated carbocycles. The molecule has 70 valence electrons. The van der Waals surface area contributed by atoms with Crippen LogP contribution in [0.15, 0.2) is 18.2 Å². The van der Waals surface area contributed by atoms with Crippen molar-refractivity contribution in [2.75, 3.05) is 5.73 Å². The second kappa shape index (κ2) is 2.50. The molecule has 2 rings (SSSR count). The van der Waals surface area contributed by atoms with E-state index >= 15 is 0 Å². The van der Waals surface area contributed by atoms with Gasteiger partial charge in [-0.15, -0.1) is 0 Å². The molecule has 0 saturated heterocycles. The Hall–Kier alpha value is -0.980. The molecule has 0 radical (unpaired) electrons. The fourth-order valence-corrected chi connectivity index (χ4v) is 2.01. The maximum atomic E-state index is 6.04. The lowest BCUT2D eigenvalue weighted by Crippen LogP contribution is -1.98. The fraction of sp³-hybridized carbons (Fsp3) is 0.500. The van der Waals surface area contributed by atoms with Gasteiger partial charge in [0.1, 0.15) is 0 Å². The molecule has 1 atom stereocenters. The van der Waals surface area contributed by atoms with E-state index in [0.717, 1.165) is 5.69 Å². The van der Waals surface area contributed by atoms with Crippen molar-refractivity contribution >= 4 is 5.69 Å². The van der Waals surface area contributed by atoms with Crippen molar-refractivity contribution in [1.82, 2.24) is 0 Å². The van der Waals surface area contributed by atoms with Gasteiger partial charge in [-0.25, -0.2) is 0 Å². The first kappa shape index (κ1) is 8.61. The zero-order valence-electron chi connectivity index (χ0n) is 8.59. The normalized spacial score (nSPS) is 24.4. The van der Waals surface area contributed by atoms with Crippen LogP contribution >= 0.6 is 0 Å². The van der Waals surface area contributed by atoms with Gasteiger partial charge >= 0.3 is 0 Å². The summed E-state index contributed by atoms with van der Waals surface area (Å²) in [6.45, 7) is 6.69. The second-order valence-electron chi connectivity index (χ2n) is 4.82. The van der Waals surface area contributed by atoms with Gasteiger partial charge in [-0.3, -0.25) is 0 Å². The highest BCUT2D eigenvalue weighted by Crippen LogP contribution is 2.59.